The number of amides is 2. The van der Waals surface area contributed by atoms with Crippen LogP contribution >= 0.6 is 23.2 Å². The molecule has 0 spiro atoms. The molecule has 38 heavy (non-hydrogen) atoms. The summed E-state index contributed by atoms with van der Waals surface area (Å²) in [4.78, 5) is 25.8. The van der Waals surface area contributed by atoms with Gasteiger partial charge in [-0.05, 0) is 78.3 Å². The number of allylic oxidation sites excluding steroid dienone is 4. The van der Waals surface area contributed by atoms with E-state index >= 15 is 0 Å². The van der Waals surface area contributed by atoms with Crippen molar-refractivity contribution in [3.05, 3.63) is 118 Å². The second kappa shape index (κ2) is 13.1. The third kappa shape index (κ3) is 7.85. The Bertz CT molecular complexity index is 1360. The minimum atomic E-state index is -0.994. The first-order valence-corrected chi connectivity index (χ1v) is 13.1. The van der Waals surface area contributed by atoms with Crippen molar-refractivity contribution in [3.8, 4) is 0 Å². The zero-order valence-electron chi connectivity index (χ0n) is 20.7. The van der Waals surface area contributed by atoms with Gasteiger partial charge in [-0.1, -0.05) is 83.9 Å². The molecule has 0 fully saturated rings. The summed E-state index contributed by atoms with van der Waals surface area (Å²) in [5, 5.41) is 12.5. The maximum Gasteiger partial charge on any atom is 0.328 e. The summed E-state index contributed by atoms with van der Waals surface area (Å²) in [5.74, 6) is -0.994. The smallest absolute Gasteiger partial charge is 0.328 e. The number of carbonyl (C=O) groups is 2. The van der Waals surface area contributed by atoms with Crippen molar-refractivity contribution < 1.29 is 14.7 Å². The quantitative estimate of drug-likeness (QED) is 0.219. The molecule has 194 valence electrons. The van der Waals surface area contributed by atoms with E-state index in [1.165, 1.54) is 30.1 Å². The summed E-state index contributed by atoms with van der Waals surface area (Å²) in [6, 6.07) is 20.4. The van der Waals surface area contributed by atoms with Gasteiger partial charge in [0.15, 0.2) is 0 Å². The van der Waals surface area contributed by atoms with Crippen molar-refractivity contribution in [2.45, 2.75) is 32.2 Å². The highest BCUT2D eigenvalue weighted by atomic mass is 35.5. The highest BCUT2D eigenvalue weighted by Crippen LogP contribution is 2.29. The standard InChI is InChI=1S/C31H28Cl2N2O3/c32-26-18-27(33)20-28(19-26)34-31(38)35(29-16-14-25(15-17-29)24-7-2-1-3-8-24)21-23-12-10-22(11-13-23)6-4-5-9-30(36)37/h4-7,9-20H,1-3,8,21H2,(H,34,38)(H,36,37)/b6-4+,9-5+. The molecule has 5 nitrogen and oxygen atoms in total. The predicted octanol–water partition coefficient (Wildman–Crippen LogP) is 8.84. The molecule has 3 aromatic carbocycles. The van der Waals surface area contributed by atoms with Crippen LogP contribution < -0.4 is 10.2 Å². The maximum absolute atomic E-state index is 13.5. The molecule has 7 heteroatoms. The number of benzene rings is 3. The van der Waals surface area contributed by atoms with Gasteiger partial charge in [0.1, 0.15) is 0 Å². The molecule has 3 aromatic rings. The van der Waals surface area contributed by atoms with E-state index in [4.69, 9.17) is 28.3 Å². The van der Waals surface area contributed by atoms with E-state index in [9.17, 15) is 9.59 Å². The summed E-state index contributed by atoms with van der Waals surface area (Å²) in [6.45, 7) is 0.338. The second-order valence-electron chi connectivity index (χ2n) is 8.99. The van der Waals surface area contributed by atoms with Crippen LogP contribution in [-0.2, 0) is 11.3 Å². The zero-order chi connectivity index (χ0) is 26.9. The van der Waals surface area contributed by atoms with E-state index < -0.39 is 5.97 Å². The minimum Gasteiger partial charge on any atom is -0.478 e. The third-order valence-corrected chi connectivity index (χ3v) is 6.60. The molecule has 0 unspecified atom stereocenters. The molecule has 0 atom stereocenters. The minimum absolute atomic E-state index is 0.309. The number of rotatable bonds is 8. The Kier molecular flexibility index (Phi) is 9.41. The highest BCUT2D eigenvalue weighted by Gasteiger charge is 2.18. The molecule has 0 aromatic heterocycles. The average molecular weight is 547 g/mol. The van der Waals surface area contributed by atoms with Crippen LogP contribution in [0.1, 0.15) is 42.4 Å². The number of aliphatic carboxylic acids is 1. The fraction of sp³-hybridized carbons (Fsp3) is 0.161. The van der Waals surface area contributed by atoms with E-state index in [1.54, 1.807) is 29.2 Å². The van der Waals surface area contributed by atoms with E-state index in [-0.39, 0.29) is 6.03 Å². The molecule has 4 rings (SSSR count). The van der Waals surface area contributed by atoms with Crippen molar-refractivity contribution >= 4 is 58.2 Å². The number of urea groups is 1. The number of carboxylic acid groups (broad SMARTS) is 1. The normalized spacial score (nSPS) is 13.5. The third-order valence-electron chi connectivity index (χ3n) is 6.16. The Morgan fingerprint density at radius 3 is 2.26 bits per heavy atom. The molecule has 2 N–H and O–H groups in total. The lowest BCUT2D eigenvalue weighted by molar-refractivity contribution is -0.131. The zero-order valence-corrected chi connectivity index (χ0v) is 22.3. The first-order chi connectivity index (χ1) is 18.4. The molecule has 1 aliphatic carbocycles. The van der Waals surface area contributed by atoms with Gasteiger partial charge >= 0.3 is 12.0 Å². The average Bonchev–Trinajstić information content (AvgIpc) is 2.90. The summed E-state index contributed by atoms with van der Waals surface area (Å²) in [7, 11) is 0. The highest BCUT2D eigenvalue weighted by molar-refractivity contribution is 6.35. The van der Waals surface area contributed by atoms with Gasteiger partial charge in [-0.25, -0.2) is 9.59 Å². The van der Waals surface area contributed by atoms with Crippen LogP contribution in [0.15, 0.2) is 91.0 Å². The van der Waals surface area contributed by atoms with Gasteiger partial charge in [0.2, 0.25) is 0 Å². The number of carboxylic acids is 1. The summed E-state index contributed by atoms with van der Waals surface area (Å²) >= 11 is 12.3. The van der Waals surface area contributed by atoms with Crippen molar-refractivity contribution in [1.29, 1.82) is 0 Å². The lowest BCUT2D eigenvalue weighted by Crippen LogP contribution is -2.34. The molecule has 0 saturated heterocycles. The van der Waals surface area contributed by atoms with E-state index in [2.05, 4.69) is 23.5 Å². The molecule has 0 saturated carbocycles. The number of halogens is 2. The van der Waals surface area contributed by atoms with Crippen molar-refractivity contribution in [3.63, 3.8) is 0 Å². The number of carbonyl (C=O) groups excluding carboxylic acids is 1. The lowest BCUT2D eigenvalue weighted by Gasteiger charge is -2.24. The largest absolute Gasteiger partial charge is 0.478 e. The van der Waals surface area contributed by atoms with Crippen LogP contribution in [0.25, 0.3) is 11.6 Å². The fourth-order valence-corrected chi connectivity index (χ4v) is 4.80. The molecular formula is C31H28Cl2N2O3. The van der Waals surface area contributed by atoms with Crippen LogP contribution in [0.2, 0.25) is 10.0 Å². The van der Waals surface area contributed by atoms with Gasteiger partial charge in [-0.15, -0.1) is 0 Å². The molecule has 0 heterocycles. The van der Waals surface area contributed by atoms with Crippen molar-refractivity contribution in [2.24, 2.45) is 0 Å². The number of nitrogens with one attached hydrogen (secondary N) is 1. The van der Waals surface area contributed by atoms with Gasteiger partial charge in [-0.3, -0.25) is 4.90 Å². The molecular weight excluding hydrogens is 519 g/mol. The fourth-order valence-electron chi connectivity index (χ4n) is 4.27. The van der Waals surface area contributed by atoms with Gasteiger partial charge in [0.05, 0.1) is 6.54 Å². The monoisotopic (exact) mass is 546 g/mol. The van der Waals surface area contributed by atoms with Gasteiger partial charge in [0.25, 0.3) is 0 Å². The predicted molar refractivity (Wildman–Crippen MR) is 157 cm³/mol. The van der Waals surface area contributed by atoms with Crippen molar-refractivity contribution in [1.82, 2.24) is 0 Å². The van der Waals surface area contributed by atoms with Gasteiger partial charge in [0, 0.05) is 27.5 Å². The first-order valence-electron chi connectivity index (χ1n) is 12.4. The number of hydrogen-bond acceptors (Lipinski definition) is 2. The van der Waals surface area contributed by atoms with Gasteiger partial charge < -0.3 is 10.4 Å². The molecule has 0 radical (unpaired) electrons. The van der Waals surface area contributed by atoms with Crippen LogP contribution in [0.4, 0.5) is 16.2 Å². The maximum atomic E-state index is 13.5. The Morgan fingerprint density at radius 1 is 0.921 bits per heavy atom. The Balaban J connectivity index is 1.56. The molecule has 0 aliphatic heterocycles. The van der Waals surface area contributed by atoms with Crippen LogP contribution in [0.5, 0.6) is 0 Å². The summed E-state index contributed by atoms with van der Waals surface area (Å²) in [5.41, 5.74) is 5.66. The van der Waals surface area contributed by atoms with Crippen molar-refractivity contribution in [2.75, 3.05) is 10.2 Å². The van der Waals surface area contributed by atoms with Gasteiger partial charge in [-0.2, -0.15) is 0 Å². The molecule has 2 amide bonds. The Hall–Kier alpha value is -3.80. The second-order valence-corrected chi connectivity index (χ2v) is 9.87. The van der Waals surface area contributed by atoms with Crippen LogP contribution in [0, 0.1) is 0 Å². The van der Waals surface area contributed by atoms with Crippen LogP contribution in [-0.4, -0.2) is 17.1 Å². The topological polar surface area (TPSA) is 69.6 Å². The number of hydrogen-bond donors (Lipinski definition) is 2. The molecule has 0 bridgehead atoms. The SMILES string of the molecule is O=C(O)/C=C/C=C/c1ccc(CN(C(=O)Nc2cc(Cl)cc(Cl)c2)c2ccc(C3=CCCCC3)cc2)cc1. The Morgan fingerprint density at radius 2 is 1.63 bits per heavy atom. The first kappa shape index (κ1) is 27.2. The summed E-state index contributed by atoms with van der Waals surface area (Å²) in [6.07, 6.45) is 12.9. The van der Waals surface area contributed by atoms with E-state index in [1.807, 2.05) is 42.5 Å². The Labute approximate surface area is 232 Å². The van der Waals surface area contributed by atoms with E-state index in [0.717, 1.165) is 35.7 Å². The van der Waals surface area contributed by atoms with Crippen LogP contribution in [0.3, 0.4) is 0 Å². The lowest BCUT2D eigenvalue weighted by atomic mass is 9.93. The molecule has 1 aliphatic rings. The number of anilines is 2. The van der Waals surface area contributed by atoms with E-state index in [0.29, 0.717) is 22.3 Å². The summed E-state index contributed by atoms with van der Waals surface area (Å²) < 4.78 is 0. The number of nitrogens with zero attached hydrogens (tertiary/aromatic N) is 1.